The Morgan fingerprint density at radius 1 is 1.31 bits per heavy atom. The zero-order chi connectivity index (χ0) is 12.3. The van der Waals surface area contributed by atoms with Crippen LogP contribution in [0.15, 0.2) is 18.2 Å². The summed E-state index contributed by atoms with van der Waals surface area (Å²) in [6, 6.07) is 5.68. The van der Waals surface area contributed by atoms with Crippen LogP contribution in [-0.4, -0.2) is 5.11 Å². The van der Waals surface area contributed by atoms with Crippen LogP contribution >= 0.6 is 11.6 Å². The molecule has 1 rings (SSSR count). The first-order valence-electron chi connectivity index (χ1n) is 5.74. The number of rotatable bonds is 3. The van der Waals surface area contributed by atoms with Crippen LogP contribution in [0.1, 0.15) is 50.8 Å². The largest absolute Gasteiger partial charge is 0.388 e. The highest BCUT2D eigenvalue weighted by Crippen LogP contribution is 2.29. The van der Waals surface area contributed by atoms with E-state index in [9.17, 15) is 5.11 Å². The van der Waals surface area contributed by atoms with E-state index in [4.69, 9.17) is 11.6 Å². The van der Waals surface area contributed by atoms with Gasteiger partial charge in [0.2, 0.25) is 0 Å². The van der Waals surface area contributed by atoms with E-state index in [1.165, 1.54) is 0 Å². The molecule has 0 aliphatic heterocycles. The molecule has 1 N–H and O–H groups in total. The number of aryl methyl sites for hydroxylation is 1. The molecule has 0 heterocycles. The Balaban J connectivity index is 2.73. The maximum absolute atomic E-state index is 10.1. The number of hydrogen-bond donors (Lipinski definition) is 1. The van der Waals surface area contributed by atoms with Crippen LogP contribution in [-0.2, 0) is 0 Å². The van der Waals surface area contributed by atoms with Crippen molar-refractivity contribution in [1.29, 1.82) is 0 Å². The van der Waals surface area contributed by atoms with Crippen molar-refractivity contribution in [2.24, 2.45) is 5.41 Å². The second-order valence-electron chi connectivity index (χ2n) is 5.62. The van der Waals surface area contributed by atoms with E-state index in [0.29, 0.717) is 5.02 Å². The van der Waals surface area contributed by atoms with Gasteiger partial charge in [-0.15, -0.1) is 0 Å². The van der Waals surface area contributed by atoms with Gasteiger partial charge in [0.25, 0.3) is 0 Å². The van der Waals surface area contributed by atoms with Crippen LogP contribution in [0.5, 0.6) is 0 Å². The molecule has 0 aromatic heterocycles. The van der Waals surface area contributed by atoms with Crippen molar-refractivity contribution < 1.29 is 5.11 Å². The number of hydrogen-bond acceptors (Lipinski definition) is 1. The molecule has 1 atom stereocenters. The zero-order valence-corrected chi connectivity index (χ0v) is 11.3. The molecular formula is C14H21ClO. The smallest absolute Gasteiger partial charge is 0.0793 e. The summed E-state index contributed by atoms with van der Waals surface area (Å²) in [5.74, 6) is 0. The standard InChI is InChI=1S/C14H21ClO/c1-10-5-6-11(15)9-12(10)13(16)7-8-14(2,3)4/h5-6,9,13,16H,7-8H2,1-4H3. The van der Waals surface area contributed by atoms with E-state index in [1.807, 2.05) is 25.1 Å². The van der Waals surface area contributed by atoms with Gasteiger partial charge in [0, 0.05) is 5.02 Å². The maximum atomic E-state index is 10.1. The average molecular weight is 241 g/mol. The predicted octanol–water partition coefficient (Wildman–Crippen LogP) is 4.51. The molecule has 16 heavy (non-hydrogen) atoms. The van der Waals surface area contributed by atoms with Gasteiger partial charge in [-0.1, -0.05) is 38.4 Å². The Kier molecular flexibility index (Phi) is 4.40. The third-order valence-electron chi connectivity index (χ3n) is 2.77. The molecule has 0 fully saturated rings. The fourth-order valence-electron chi connectivity index (χ4n) is 1.70. The van der Waals surface area contributed by atoms with Crippen LogP contribution in [0.25, 0.3) is 0 Å². The molecule has 0 radical (unpaired) electrons. The first-order valence-corrected chi connectivity index (χ1v) is 6.11. The highest BCUT2D eigenvalue weighted by Gasteiger charge is 2.16. The number of halogens is 1. The van der Waals surface area contributed by atoms with Gasteiger partial charge in [0.15, 0.2) is 0 Å². The highest BCUT2D eigenvalue weighted by atomic mass is 35.5. The molecule has 0 saturated heterocycles. The summed E-state index contributed by atoms with van der Waals surface area (Å²) in [5.41, 5.74) is 2.32. The van der Waals surface area contributed by atoms with Gasteiger partial charge in [-0.3, -0.25) is 0 Å². The summed E-state index contributed by atoms with van der Waals surface area (Å²) in [6.07, 6.45) is 1.38. The molecule has 0 spiro atoms. The van der Waals surface area contributed by atoms with Crippen molar-refractivity contribution in [1.82, 2.24) is 0 Å². The Morgan fingerprint density at radius 3 is 2.50 bits per heavy atom. The van der Waals surface area contributed by atoms with E-state index in [2.05, 4.69) is 20.8 Å². The minimum atomic E-state index is -0.405. The average Bonchev–Trinajstić information content (AvgIpc) is 2.17. The molecule has 0 amide bonds. The van der Waals surface area contributed by atoms with Gasteiger partial charge in [-0.2, -0.15) is 0 Å². The molecule has 90 valence electrons. The lowest BCUT2D eigenvalue weighted by atomic mass is 9.87. The molecule has 0 aliphatic rings. The van der Waals surface area contributed by atoms with Crippen molar-refractivity contribution in [3.05, 3.63) is 34.3 Å². The summed E-state index contributed by atoms with van der Waals surface area (Å²) in [7, 11) is 0. The Bertz CT molecular complexity index is 352. The van der Waals surface area contributed by atoms with Crippen molar-refractivity contribution in [2.45, 2.75) is 46.6 Å². The first kappa shape index (κ1) is 13.5. The van der Waals surface area contributed by atoms with Crippen molar-refractivity contribution in [3.63, 3.8) is 0 Å². The molecule has 0 aliphatic carbocycles. The lowest BCUT2D eigenvalue weighted by Gasteiger charge is -2.21. The second kappa shape index (κ2) is 5.20. The summed E-state index contributed by atoms with van der Waals surface area (Å²) >= 11 is 5.94. The third kappa shape index (κ3) is 4.15. The van der Waals surface area contributed by atoms with Crippen LogP contribution in [0, 0.1) is 12.3 Å². The molecule has 1 aromatic carbocycles. The second-order valence-corrected chi connectivity index (χ2v) is 6.05. The minimum absolute atomic E-state index is 0.257. The SMILES string of the molecule is Cc1ccc(Cl)cc1C(O)CCC(C)(C)C. The lowest BCUT2D eigenvalue weighted by Crippen LogP contribution is -2.09. The van der Waals surface area contributed by atoms with Crippen LogP contribution in [0.2, 0.25) is 5.02 Å². The predicted molar refractivity (Wildman–Crippen MR) is 69.8 cm³/mol. The van der Waals surface area contributed by atoms with Gasteiger partial charge in [0.05, 0.1) is 6.10 Å². The summed E-state index contributed by atoms with van der Waals surface area (Å²) in [6.45, 7) is 8.56. The monoisotopic (exact) mass is 240 g/mol. The van der Waals surface area contributed by atoms with E-state index < -0.39 is 6.10 Å². The third-order valence-corrected chi connectivity index (χ3v) is 3.00. The van der Waals surface area contributed by atoms with Crippen LogP contribution < -0.4 is 0 Å². The number of aliphatic hydroxyl groups excluding tert-OH is 1. The van der Waals surface area contributed by atoms with Crippen LogP contribution in [0.3, 0.4) is 0 Å². The van der Waals surface area contributed by atoms with Gasteiger partial charge < -0.3 is 5.11 Å². The molecule has 1 unspecified atom stereocenters. The molecule has 1 nitrogen and oxygen atoms in total. The molecule has 2 heteroatoms. The minimum Gasteiger partial charge on any atom is -0.388 e. The van der Waals surface area contributed by atoms with Gasteiger partial charge in [-0.05, 0) is 48.4 Å². The summed E-state index contributed by atoms with van der Waals surface area (Å²) < 4.78 is 0. The fraction of sp³-hybridized carbons (Fsp3) is 0.571. The van der Waals surface area contributed by atoms with Crippen LogP contribution in [0.4, 0.5) is 0 Å². The van der Waals surface area contributed by atoms with Crippen molar-refractivity contribution in [2.75, 3.05) is 0 Å². The van der Waals surface area contributed by atoms with Gasteiger partial charge in [-0.25, -0.2) is 0 Å². The Morgan fingerprint density at radius 2 is 1.94 bits per heavy atom. The van der Waals surface area contributed by atoms with E-state index in [0.717, 1.165) is 24.0 Å². The van der Waals surface area contributed by atoms with Gasteiger partial charge >= 0.3 is 0 Å². The molecule has 0 bridgehead atoms. The molecule has 0 saturated carbocycles. The quantitative estimate of drug-likeness (QED) is 0.824. The van der Waals surface area contributed by atoms with E-state index in [-0.39, 0.29) is 5.41 Å². The van der Waals surface area contributed by atoms with E-state index >= 15 is 0 Å². The van der Waals surface area contributed by atoms with E-state index in [1.54, 1.807) is 0 Å². The number of aliphatic hydroxyl groups is 1. The van der Waals surface area contributed by atoms with Crippen molar-refractivity contribution >= 4 is 11.6 Å². The Labute approximate surface area is 103 Å². The maximum Gasteiger partial charge on any atom is 0.0793 e. The fourth-order valence-corrected chi connectivity index (χ4v) is 1.88. The summed E-state index contributed by atoms with van der Waals surface area (Å²) in [4.78, 5) is 0. The van der Waals surface area contributed by atoms with Gasteiger partial charge in [0.1, 0.15) is 0 Å². The van der Waals surface area contributed by atoms with Crippen molar-refractivity contribution in [3.8, 4) is 0 Å². The number of benzene rings is 1. The topological polar surface area (TPSA) is 20.2 Å². The molecular weight excluding hydrogens is 220 g/mol. The summed E-state index contributed by atoms with van der Waals surface area (Å²) in [5, 5.41) is 10.8. The zero-order valence-electron chi connectivity index (χ0n) is 10.5. The first-order chi connectivity index (χ1) is 7.29. The highest BCUT2D eigenvalue weighted by molar-refractivity contribution is 6.30. The Hall–Kier alpha value is -0.530. The normalized spacial score (nSPS) is 13.9. The lowest BCUT2D eigenvalue weighted by molar-refractivity contribution is 0.147. The molecule has 1 aromatic rings.